The van der Waals surface area contributed by atoms with Crippen LogP contribution in [0.1, 0.15) is 5.76 Å². The summed E-state index contributed by atoms with van der Waals surface area (Å²) < 4.78 is 34.9. The van der Waals surface area contributed by atoms with Crippen molar-refractivity contribution in [3.05, 3.63) is 22.8 Å². The number of rotatable bonds is 2. The lowest BCUT2D eigenvalue weighted by Gasteiger charge is -1.90. The quantitative estimate of drug-likeness (QED) is 0.607. The Kier molecular flexibility index (Phi) is 2.81. The first-order chi connectivity index (χ1) is 7.86. The van der Waals surface area contributed by atoms with Gasteiger partial charge in [-0.05, 0) is 23.9 Å². The minimum absolute atomic E-state index is 0.0463. The zero-order valence-corrected chi connectivity index (χ0v) is 9.67. The van der Waals surface area contributed by atoms with Crippen LogP contribution in [0.25, 0.3) is 6.08 Å². The summed E-state index contributed by atoms with van der Waals surface area (Å²) in [4.78, 5) is 22.1. The van der Waals surface area contributed by atoms with Gasteiger partial charge in [0.15, 0.2) is 0 Å². The van der Waals surface area contributed by atoms with E-state index in [4.69, 9.17) is 8.97 Å². The van der Waals surface area contributed by atoms with Gasteiger partial charge in [-0.15, -0.1) is 0 Å². The molecular weight excluding hydrogens is 270 g/mol. The molecule has 2 amide bonds. The number of thioether (sulfide) groups is 1. The van der Waals surface area contributed by atoms with Crippen LogP contribution in [0.5, 0.6) is 0 Å². The maximum absolute atomic E-state index is 11.2. The highest BCUT2D eigenvalue weighted by molar-refractivity contribution is 8.18. The standard InChI is InChI=1S/C8H5NO6S2/c10-7-5(16-8(11)9-7)3-4-1-2-6(15-4)17(12,13)14/h1-3H,(H,9,10,11)(H,12,13,14)/b5-3+. The van der Waals surface area contributed by atoms with Crippen molar-refractivity contribution in [1.82, 2.24) is 5.32 Å². The van der Waals surface area contributed by atoms with E-state index in [1.807, 2.05) is 5.32 Å². The average molecular weight is 275 g/mol. The fourth-order valence-electron chi connectivity index (χ4n) is 1.10. The van der Waals surface area contributed by atoms with Crippen molar-refractivity contribution in [2.75, 3.05) is 0 Å². The Morgan fingerprint density at radius 3 is 2.53 bits per heavy atom. The first-order valence-electron chi connectivity index (χ1n) is 4.18. The molecule has 1 aromatic heterocycles. The Morgan fingerprint density at radius 1 is 1.35 bits per heavy atom. The van der Waals surface area contributed by atoms with Gasteiger partial charge in [0.1, 0.15) is 5.76 Å². The number of furan rings is 1. The predicted octanol–water partition coefficient (Wildman–Crippen LogP) is 0.850. The van der Waals surface area contributed by atoms with E-state index >= 15 is 0 Å². The number of imide groups is 1. The number of hydrogen-bond donors (Lipinski definition) is 2. The van der Waals surface area contributed by atoms with Gasteiger partial charge in [-0.1, -0.05) is 0 Å². The molecule has 7 nitrogen and oxygen atoms in total. The molecule has 2 N–H and O–H groups in total. The summed E-state index contributed by atoms with van der Waals surface area (Å²) in [6.07, 6.45) is 1.21. The van der Waals surface area contributed by atoms with E-state index < -0.39 is 26.4 Å². The summed E-state index contributed by atoms with van der Waals surface area (Å²) in [5, 5.41) is 0.895. The predicted molar refractivity (Wildman–Crippen MR) is 57.6 cm³/mol. The molecule has 2 heterocycles. The summed E-state index contributed by atoms with van der Waals surface area (Å²) in [5.74, 6) is -0.533. The van der Waals surface area contributed by atoms with Gasteiger partial charge in [-0.2, -0.15) is 8.42 Å². The molecule has 0 saturated carbocycles. The second-order valence-electron chi connectivity index (χ2n) is 2.98. The molecule has 0 aromatic carbocycles. The number of nitrogens with one attached hydrogen (secondary N) is 1. The largest absolute Gasteiger partial charge is 0.443 e. The van der Waals surface area contributed by atoms with Crippen molar-refractivity contribution in [2.24, 2.45) is 0 Å². The number of carbonyl (C=O) groups is 2. The van der Waals surface area contributed by atoms with Crippen LogP contribution in [0.15, 0.2) is 26.5 Å². The lowest BCUT2D eigenvalue weighted by atomic mass is 10.4. The van der Waals surface area contributed by atoms with Crippen molar-refractivity contribution in [1.29, 1.82) is 0 Å². The number of carbonyl (C=O) groups excluding carboxylic acids is 2. The zero-order valence-electron chi connectivity index (χ0n) is 8.04. The second kappa shape index (κ2) is 4.02. The molecule has 1 aliphatic rings. The molecule has 1 saturated heterocycles. The molecule has 0 atom stereocenters. The summed E-state index contributed by atoms with van der Waals surface area (Å²) in [7, 11) is -4.41. The third kappa shape index (κ3) is 2.57. The Balaban J connectivity index is 2.31. The first-order valence-corrected chi connectivity index (χ1v) is 6.44. The molecule has 0 radical (unpaired) electrons. The summed E-state index contributed by atoms with van der Waals surface area (Å²) >= 11 is 0.675. The van der Waals surface area contributed by atoms with E-state index in [0.29, 0.717) is 11.8 Å². The topological polar surface area (TPSA) is 114 Å². The summed E-state index contributed by atoms with van der Waals surface area (Å²) in [5.41, 5.74) is 0. The smallest absolute Gasteiger partial charge is 0.328 e. The van der Waals surface area contributed by atoms with Gasteiger partial charge < -0.3 is 4.42 Å². The Labute approximate surface area is 99.6 Å². The third-order valence-corrected chi connectivity index (χ3v) is 3.31. The molecule has 17 heavy (non-hydrogen) atoms. The van der Waals surface area contributed by atoms with Gasteiger partial charge in [0.2, 0.25) is 5.09 Å². The average Bonchev–Trinajstić information content (AvgIpc) is 2.74. The molecule has 1 aliphatic heterocycles. The van der Waals surface area contributed by atoms with Crippen molar-refractivity contribution >= 4 is 39.1 Å². The fraction of sp³-hybridized carbons (Fsp3) is 0. The highest BCUT2D eigenvalue weighted by Gasteiger charge is 2.25. The molecule has 0 aliphatic carbocycles. The molecule has 0 spiro atoms. The highest BCUT2D eigenvalue weighted by Crippen LogP contribution is 2.26. The normalized spacial score (nSPS) is 18.8. The Bertz CT molecular complexity index is 626. The molecule has 1 aromatic rings. The molecule has 0 unspecified atom stereocenters. The van der Waals surface area contributed by atoms with Gasteiger partial charge in [0.25, 0.3) is 11.1 Å². The van der Waals surface area contributed by atoms with Gasteiger partial charge in [0.05, 0.1) is 4.91 Å². The van der Waals surface area contributed by atoms with Gasteiger partial charge in [-0.25, -0.2) is 0 Å². The Hall–Kier alpha value is -1.58. The summed E-state index contributed by atoms with van der Waals surface area (Å²) in [6.45, 7) is 0. The van der Waals surface area contributed by atoms with Crippen molar-refractivity contribution < 1.29 is 27.0 Å². The van der Waals surface area contributed by atoms with Crippen molar-refractivity contribution in [2.45, 2.75) is 5.09 Å². The minimum Gasteiger partial charge on any atom is -0.443 e. The van der Waals surface area contributed by atoms with E-state index in [9.17, 15) is 18.0 Å². The molecule has 0 bridgehead atoms. The van der Waals surface area contributed by atoms with Crippen molar-refractivity contribution in [3.63, 3.8) is 0 Å². The lowest BCUT2D eigenvalue weighted by molar-refractivity contribution is -0.115. The van der Waals surface area contributed by atoms with Crippen LogP contribution in [0.2, 0.25) is 0 Å². The second-order valence-corrected chi connectivity index (χ2v) is 5.35. The van der Waals surface area contributed by atoms with Crippen LogP contribution in [0, 0.1) is 0 Å². The maximum Gasteiger partial charge on any atom is 0.328 e. The van der Waals surface area contributed by atoms with Crippen LogP contribution < -0.4 is 5.32 Å². The monoisotopic (exact) mass is 275 g/mol. The molecular formula is C8H5NO6S2. The van der Waals surface area contributed by atoms with Crippen LogP contribution in [0.4, 0.5) is 4.79 Å². The zero-order chi connectivity index (χ0) is 12.6. The molecule has 1 fully saturated rings. The van der Waals surface area contributed by atoms with E-state index in [2.05, 4.69) is 0 Å². The molecule has 90 valence electrons. The lowest BCUT2D eigenvalue weighted by Crippen LogP contribution is -2.17. The van der Waals surface area contributed by atoms with E-state index in [1.54, 1.807) is 0 Å². The highest BCUT2D eigenvalue weighted by atomic mass is 32.2. The third-order valence-electron chi connectivity index (χ3n) is 1.77. The van der Waals surface area contributed by atoms with Gasteiger partial charge in [-0.3, -0.25) is 19.5 Å². The minimum atomic E-state index is -4.41. The number of amides is 2. The van der Waals surface area contributed by atoms with E-state index in [-0.39, 0.29) is 10.7 Å². The van der Waals surface area contributed by atoms with Crippen LogP contribution >= 0.6 is 11.8 Å². The number of hydrogen-bond acceptors (Lipinski definition) is 6. The first kappa shape index (κ1) is 11.9. The Morgan fingerprint density at radius 2 is 2.06 bits per heavy atom. The van der Waals surface area contributed by atoms with E-state index in [1.165, 1.54) is 12.1 Å². The van der Waals surface area contributed by atoms with Crippen LogP contribution in [-0.2, 0) is 14.9 Å². The van der Waals surface area contributed by atoms with Crippen LogP contribution in [0.3, 0.4) is 0 Å². The van der Waals surface area contributed by atoms with Gasteiger partial charge in [0, 0.05) is 6.08 Å². The fourth-order valence-corrected chi connectivity index (χ4v) is 2.20. The van der Waals surface area contributed by atoms with Crippen molar-refractivity contribution in [3.8, 4) is 0 Å². The maximum atomic E-state index is 11.2. The van der Waals surface area contributed by atoms with Crippen LogP contribution in [-0.4, -0.2) is 24.1 Å². The molecule has 9 heteroatoms. The van der Waals surface area contributed by atoms with Gasteiger partial charge >= 0.3 is 10.1 Å². The summed E-state index contributed by atoms with van der Waals surface area (Å²) in [6, 6.07) is 2.30. The van der Waals surface area contributed by atoms with E-state index in [0.717, 1.165) is 6.07 Å². The molecule has 2 rings (SSSR count). The SMILES string of the molecule is O=C1NC(=O)/C(=C\c2ccc(S(=O)(=O)O)o2)S1.